The first kappa shape index (κ1) is 18.3. The Hall–Kier alpha value is -3.09. The second-order valence-electron chi connectivity index (χ2n) is 5.73. The number of anilines is 1. The second-order valence-corrected chi connectivity index (χ2v) is 6.65. The molecular formula is C15H11BrF3N9. The van der Waals surface area contributed by atoms with Crippen LogP contribution < -0.4 is 5.32 Å². The van der Waals surface area contributed by atoms with Gasteiger partial charge in [-0.2, -0.15) is 23.0 Å². The molecule has 4 aromatic rings. The molecule has 4 rings (SSSR count). The number of hydrogen-bond acceptors (Lipinski definition) is 7. The summed E-state index contributed by atoms with van der Waals surface area (Å²) in [6.07, 6.45) is 1.35. The highest BCUT2D eigenvalue weighted by Gasteiger charge is 2.35. The van der Waals surface area contributed by atoms with E-state index in [0.29, 0.717) is 11.8 Å². The van der Waals surface area contributed by atoms with Gasteiger partial charge in [-0.3, -0.25) is 4.40 Å². The third kappa shape index (κ3) is 3.28. The summed E-state index contributed by atoms with van der Waals surface area (Å²) in [4.78, 5) is 12.4. The van der Waals surface area contributed by atoms with Crippen molar-refractivity contribution in [1.82, 2.24) is 39.3 Å². The summed E-state index contributed by atoms with van der Waals surface area (Å²) in [5, 5.41) is 14.6. The molecule has 0 bridgehead atoms. The maximum atomic E-state index is 13.3. The van der Waals surface area contributed by atoms with E-state index >= 15 is 0 Å². The first-order valence-electron chi connectivity index (χ1n) is 7.90. The molecule has 0 aliphatic heterocycles. The van der Waals surface area contributed by atoms with Crippen LogP contribution in [0.5, 0.6) is 0 Å². The van der Waals surface area contributed by atoms with Crippen LogP contribution in [0.25, 0.3) is 11.6 Å². The number of rotatable bonds is 4. The Morgan fingerprint density at radius 1 is 1.14 bits per heavy atom. The molecule has 0 spiro atoms. The lowest BCUT2D eigenvalue weighted by Crippen LogP contribution is -2.16. The molecule has 0 amide bonds. The molecule has 0 aromatic carbocycles. The summed E-state index contributed by atoms with van der Waals surface area (Å²) >= 11 is 3.09. The van der Waals surface area contributed by atoms with Crippen LogP contribution in [0.15, 0.2) is 41.5 Å². The average molecular weight is 454 g/mol. The summed E-state index contributed by atoms with van der Waals surface area (Å²) in [5.74, 6) is 0.892. The van der Waals surface area contributed by atoms with Gasteiger partial charge in [-0.25, -0.2) is 15.0 Å². The van der Waals surface area contributed by atoms with E-state index in [-0.39, 0.29) is 16.1 Å². The number of aromatic nitrogens is 8. The van der Waals surface area contributed by atoms with Gasteiger partial charge in [0, 0.05) is 23.1 Å². The minimum Gasteiger partial charge on any atom is -0.344 e. The van der Waals surface area contributed by atoms with Crippen molar-refractivity contribution >= 4 is 27.5 Å². The molecule has 1 unspecified atom stereocenters. The SMILES string of the molecule is CC(Nc1nnc2c(C(F)(F)F)cc(Br)cn12)c1ncnn1-c1ncccn1. The molecule has 1 atom stereocenters. The van der Waals surface area contributed by atoms with Crippen molar-refractivity contribution in [1.29, 1.82) is 0 Å². The lowest BCUT2D eigenvalue weighted by molar-refractivity contribution is -0.136. The van der Waals surface area contributed by atoms with Crippen LogP contribution in [0.2, 0.25) is 0 Å². The van der Waals surface area contributed by atoms with Crippen LogP contribution in [0.4, 0.5) is 19.1 Å². The molecule has 4 aromatic heterocycles. The smallest absolute Gasteiger partial charge is 0.344 e. The van der Waals surface area contributed by atoms with Crippen LogP contribution in [0.1, 0.15) is 24.4 Å². The lowest BCUT2D eigenvalue weighted by Gasteiger charge is -2.14. The molecule has 0 saturated heterocycles. The molecule has 0 fully saturated rings. The number of hydrogen-bond donors (Lipinski definition) is 1. The number of halogens is 4. The summed E-state index contributed by atoms with van der Waals surface area (Å²) in [7, 11) is 0. The number of nitrogens with zero attached hydrogens (tertiary/aromatic N) is 8. The highest BCUT2D eigenvalue weighted by atomic mass is 79.9. The minimum atomic E-state index is -4.56. The maximum absolute atomic E-state index is 13.3. The molecule has 9 nitrogen and oxygen atoms in total. The van der Waals surface area contributed by atoms with E-state index in [1.54, 1.807) is 25.4 Å². The van der Waals surface area contributed by atoms with E-state index in [4.69, 9.17) is 0 Å². The highest BCUT2D eigenvalue weighted by Crippen LogP contribution is 2.34. The van der Waals surface area contributed by atoms with Crippen LogP contribution in [-0.2, 0) is 6.18 Å². The zero-order chi connectivity index (χ0) is 19.9. The molecule has 0 aliphatic carbocycles. The predicted octanol–water partition coefficient (Wildman–Crippen LogP) is 3.05. The van der Waals surface area contributed by atoms with Gasteiger partial charge in [0.25, 0.3) is 5.95 Å². The van der Waals surface area contributed by atoms with Gasteiger partial charge in [-0.05, 0) is 35.0 Å². The van der Waals surface area contributed by atoms with Gasteiger partial charge in [-0.1, -0.05) is 0 Å². The van der Waals surface area contributed by atoms with Gasteiger partial charge in [-0.15, -0.1) is 10.2 Å². The van der Waals surface area contributed by atoms with E-state index in [0.717, 1.165) is 6.07 Å². The van der Waals surface area contributed by atoms with Crippen molar-refractivity contribution < 1.29 is 13.2 Å². The minimum absolute atomic E-state index is 0.123. The second kappa shape index (κ2) is 6.82. The van der Waals surface area contributed by atoms with Crippen molar-refractivity contribution in [3.05, 3.63) is 52.9 Å². The largest absolute Gasteiger partial charge is 0.420 e. The molecule has 13 heteroatoms. The Kier molecular flexibility index (Phi) is 4.45. The topological polar surface area (TPSA) is 98.7 Å². The molecule has 144 valence electrons. The van der Waals surface area contributed by atoms with Gasteiger partial charge in [0.05, 0.1) is 6.04 Å². The lowest BCUT2D eigenvalue weighted by atomic mass is 10.2. The Morgan fingerprint density at radius 3 is 2.61 bits per heavy atom. The Labute approximate surface area is 163 Å². The number of pyridine rings is 1. The van der Waals surface area contributed by atoms with Crippen molar-refractivity contribution in [3.8, 4) is 5.95 Å². The van der Waals surface area contributed by atoms with Gasteiger partial charge in [0.2, 0.25) is 5.95 Å². The van der Waals surface area contributed by atoms with Gasteiger partial charge >= 0.3 is 6.18 Å². The highest BCUT2D eigenvalue weighted by molar-refractivity contribution is 9.10. The fourth-order valence-corrected chi connectivity index (χ4v) is 3.06. The van der Waals surface area contributed by atoms with Crippen LogP contribution in [0, 0.1) is 0 Å². The Morgan fingerprint density at radius 2 is 1.89 bits per heavy atom. The fraction of sp³-hybridized carbons (Fsp3) is 0.200. The van der Waals surface area contributed by atoms with Crippen molar-refractivity contribution in [2.45, 2.75) is 19.1 Å². The molecule has 28 heavy (non-hydrogen) atoms. The van der Waals surface area contributed by atoms with Crippen LogP contribution in [0.3, 0.4) is 0 Å². The monoisotopic (exact) mass is 453 g/mol. The van der Waals surface area contributed by atoms with Gasteiger partial charge < -0.3 is 5.32 Å². The third-order valence-electron chi connectivity index (χ3n) is 3.83. The summed E-state index contributed by atoms with van der Waals surface area (Å²) < 4.78 is 42.7. The molecule has 0 radical (unpaired) electrons. The Bertz CT molecular complexity index is 1120. The zero-order valence-corrected chi connectivity index (χ0v) is 15.7. The molecule has 1 N–H and O–H groups in total. The number of alkyl halides is 3. The average Bonchev–Trinajstić information content (AvgIpc) is 3.29. The molecule has 4 heterocycles. The predicted molar refractivity (Wildman–Crippen MR) is 94.7 cm³/mol. The molecule has 0 aliphatic rings. The van der Waals surface area contributed by atoms with Crippen LogP contribution >= 0.6 is 15.9 Å². The molecular weight excluding hydrogens is 443 g/mol. The fourth-order valence-electron chi connectivity index (χ4n) is 2.63. The first-order valence-corrected chi connectivity index (χ1v) is 8.69. The first-order chi connectivity index (χ1) is 13.3. The third-order valence-corrected chi connectivity index (χ3v) is 4.26. The van der Waals surface area contributed by atoms with Crippen molar-refractivity contribution in [3.63, 3.8) is 0 Å². The van der Waals surface area contributed by atoms with E-state index in [9.17, 15) is 13.2 Å². The summed E-state index contributed by atoms with van der Waals surface area (Å²) in [6, 6.07) is 2.15. The number of nitrogens with one attached hydrogen (secondary N) is 1. The van der Waals surface area contributed by atoms with Gasteiger partial charge in [0.1, 0.15) is 11.9 Å². The summed E-state index contributed by atoms with van der Waals surface area (Å²) in [5.41, 5.74) is -1.20. The van der Waals surface area contributed by atoms with Crippen molar-refractivity contribution in [2.24, 2.45) is 0 Å². The van der Waals surface area contributed by atoms with Crippen molar-refractivity contribution in [2.75, 3.05) is 5.32 Å². The standard InChI is InChI=1S/C15H11BrF3N9/c1-8(11-22-7-23-28(11)13-20-3-2-4-21-13)24-14-26-25-12-10(15(17,18)19)5-9(16)6-27(12)14/h2-8H,1H3,(H,24,26). The summed E-state index contributed by atoms with van der Waals surface area (Å²) in [6.45, 7) is 1.76. The van der Waals surface area contributed by atoms with E-state index in [1.165, 1.54) is 21.6 Å². The Balaban J connectivity index is 1.70. The van der Waals surface area contributed by atoms with Crippen LogP contribution in [-0.4, -0.2) is 39.3 Å². The van der Waals surface area contributed by atoms with E-state index in [2.05, 4.69) is 51.5 Å². The quantitative estimate of drug-likeness (QED) is 0.506. The number of fused-ring (bicyclic) bond motifs is 1. The normalized spacial score (nSPS) is 13.0. The van der Waals surface area contributed by atoms with E-state index in [1.807, 2.05) is 0 Å². The molecule has 0 saturated carbocycles. The van der Waals surface area contributed by atoms with E-state index < -0.39 is 17.8 Å². The van der Waals surface area contributed by atoms with Gasteiger partial charge in [0.15, 0.2) is 11.5 Å². The maximum Gasteiger partial charge on any atom is 0.420 e. The zero-order valence-electron chi connectivity index (χ0n) is 14.1.